The molecule has 0 heterocycles. The first kappa shape index (κ1) is 11.4. The number of carbonyl (C=O) groups is 1. The molecule has 4 nitrogen and oxygen atoms in total. The van der Waals surface area contributed by atoms with Crippen LogP contribution in [-0.4, -0.2) is 32.3 Å². The molecule has 0 bridgehead atoms. The Morgan fingerprint density at radius 2 is 2.25 bits per heavy atom. The van der Waals surface area contributed by atoms with E-state index in [2.05, 4.69) is 4.74 Å². The van der Waals surface area contributed by atoms with Gasteiger partial charge < -0.3 is 15.2 Å². The molecule has 1 atom stereocenters. The molecule has 0 spiro atoms. The summed E-state index contributed by atoms with van der Waals surface area (Å²) in [7, 11) is 1.46. The molecule has 1 unspecified atom stereocenters. The quantitative estimate of drug-likeness (QED) is 0.466. The van der Waals surface area contributed by atoms with Crippen LogP contribution in [-0.2, 0) is 14.3 Å². The Hall–Kier alpha value is -0.610. The number of nitrogens with two attached hydrogens (primary N) is 1. The van der Waals surface area contributed by atoms with Crippen LogP contribution in [0.1, 0.15) is 19.8 Å². The highest BCUT2D eigenvalue weighted by Gasteiger charge is 2.00. The lowest BCUT2D eigenvalue weighted by Gasteiger charge is -2.05. The van der Waals surface area contributed by atoms with Gasteiger partial charge in [-0.1, -0.05) is 0 Å². The highest BCUT2D eigenvalue weighted by Crippen LogP contribution is 1.94. The Kier molecular flexibility index (Phi) is 6.70. The van der Waals surface area contributed by atoms with E-state index in [1.807, 2.05) is 6.92 Å². The van der Waals surface area contributed by atoms with Crippen molar-refractivity contribution in [1.29, 1.82) is 0 Å². The van der Waals surface area contributed by atoms with Crippen LogP contribution in [0.15, 0.2) is 0 Å². The summed E-state index contributed by atoms with van der Waals surface area (Å²) < 4.78 is 9.40. The van der Waals surface area contributed by atoms with E-state index >= 15 is 0 Å². The van der Waals surface area contributed by atoms with Crippen molar-refractivity contribution in [3.8, 4) is 0 Å². The van der Waals surface area contributed by atoms with E-state index < -0.39 is 0 Å². The SMILES string of the molecule is COCC(=O)OCCCC(C)N. The second kappa shape index (κ2) is 7.06. The first-order valence-corrected chi connectivity index (χ1v) is 4.07. The number of hydrogen-bond acceptors (Lipinski definition) is 4. The van der Waals surface area contributed by atoms with Gasteiger partial charge >= 0.3 is 5.97 Å². The van der Waals surface area contributed by atoms with Gasteiger partial charge in [-0.2, -0.15) is 0 Å². The molecule has 2 N–H and O–H groups in total. The van der Waals surface area contributed by atoms with Crippen molar-refractivity contribution in [2.45, 2.75) is 25.8 Å². The van der Waals surface area contributed by atoms with Crippen LogP contribution in [0, 0.1) is 0 Å². The van der Waals surface area contributed by atoms with Gasteiger partial charge in [0.05, 0.1) is 6.61 Å². The molecule has 0 amide bonds. The van der Waals surface area contributed by atoms with Crippen molar-refractivity contribution in [3.05, 3.63) is 0 Å². The second-order valence-electron chi connectivity index (χ2n) is 2.77. The molecule has 0 saturated heterocycles. The van der Waals surface area contributed by atoms with Crippen LogP contribution < -0.4 is 5.73 Å². The van der Waals surface area contributed by atoms with Crippen molar-refractivity contribution in [2.75, 3.05) is 20.3 Å². The summed E-state index contributed by atoms with van der Waals surface area (Å²) in [6, 6.07) is 0.172. The minimum Gasteiger partial charge on any atom is -0.464 e. The Morgan fingerprint density at radius 1 is 1.58 bits per heavy atom. The molecular weight excluding hydrogens is 158 g/mol. The van der Waals surface area contributed by atoms with Gasteiger partial charge in [0.2, 0.25) is 0 Å². The predicted molar refractivity (Wildman–Crippen MR) is 45.7 cm³/mol. The largest absolute Gasteiger partial charge is 0.464 e. The summed E-state index contributed by atoms with van der Waals surface area (Å²) in [5.41, 5.74) is 5.50. The fourth-order valence-corrected chi connectivity index (χ4v) is 0.751. The number of esters is 1. The minimum atomic E-state index is -0.317. The van der Waals surface area contributed by atoms with E-state index in [4.69, 9.17) is 10.5 Å². The second-order valence-corrected chi connectivity index (χ2v) is 2.77. The van der Waals surface area contributed by atoms with Crippen molar-refractivity contribution < 1.29 is 14.3 Å². The van der Waals surface area contributed by atoms with Crippen molar-refractivity contribution in [1.82, 2.24) is 0 Å². The standard InChI is InChI=1S/C8H17NO3/c1-7(9)4-3-5-12-8(10)6-11-2/h7H,3-6,9H2,1-2H3. The maximum Gasteiger partial charge on any atom is 0.332 e. The molecule has 0 saturated carbocycles. The number of hydrogen-bond donors (Lipinski definition) is 1. The highest BCUT2D eigenvalue weighted by atomic mass is 16.6. The van der Waals surface area contributed by atoms with E-state index in [0.717, 1.165) is 12.8 Å². The normalized spacial score (nSPS) is 12.6. The molecule has 12 heavy (non-hydrogen) atoms. The fraction of sp³-hybridized carbons (Fsp3) is 0.875. The van der Waals surface area contributed by atoms with Gasteiger partial charge in [0.1, 0.15) is 6.61 Å². The Morgan fingerprint density at radius 3 is 2.75 bits per heavy atom. The lowest BCUT2D eigenvalue weighted by molar-refractivity contribution is -0.148. The molecule has 72 valence electrons. The van der Waals surface area contributed by atoms with Gasteiger partial charge in [-0.15, -0.1) is 0 Å². The van der Waals surface area contributed by atoms with Crippen LogP contribution in [0.5, 0.6) is 0 Å². The van der Waals surface area contributed by atoms with Crippen LogP contribution in [0.25, 0.3) is 0 Å². The zero-order chi connectivity index (χ0) is 9.40. The molecule has 0 radical (unpaired) electrons. The first-order valence-electron chi connectivity index (χ1n) is 4.07. The number of ether oxygens (including phenoxy) is 2. The minimum absolute atomic E-state index is 0.0260. The van der Waals surface area contributed by atoms with Gasteiger partial charge in [-0.05, 0) is 19.8 Å². The topological polar surface area (TPSA) is 61.5 Å². The fourth-order valence-electron chi connectivity index (χ4n) is 0.751. The van der Waals surface area contributed by atoms with Crippen LogP contribution in [0.4, 0.5) is 0 Å². The maximum absolute atomic E-state index is 10.7. The zero-order valence-corrected chi connectivity index (χ0v) is 7.71. The van der Waals surface area contributed by atoms with E-state index in [1.165, 1.54) is 7.11 Å². The Balaban J connectivity index is 3.14. The van der Waals surface area contributed by atoms with Gasteiger partial charge in [-0.3, -0.25) is 0 Å². The monoisotopic (exact) mass is 175 g/mol. The third kappa shape index (κ3) is 7.50. The molecule has 0 aromatic carbocycles. The average molecular weight is 175 g/mol. The summed E-state index contributed by atoms with van der Waals surface area (Å²) in [6.45, 7) is 2.39. The lowest BCUT2D eigenvalue weighted by Crippen LogP contribution is -2.17. The van der Waals surface area contributed by atoms with Gasteiger partial charge in [0, 0.05) is 13.2 Å². The Bertz CT molecular complexity index is 125. The predicted octanol–water partition coefficient (Wildman–Crippen LogP) is 0.303. The van der Waals surface area contributed by atoms with Crippen molar-refractivity contribution >= 4 is 5.97 Å². The first-order chi connectivity index (χ1) is 5.66. The molecule has 0 rings (SSSR count). The Labute approximate surface area is 73.0 Å². The van der Waals surface area contributed by atoms with Crippen LogP contribution >= 0.6 is 0 Å². The molecule has 4 heteroatoms. The average Bonchev–Trinajstić information content (AvgIpc) is 1.98. The van der Waals surface area contributed by atoms with Gasteiger partial charge in [0.25, 0.3) is 0 Å². The highest BCUT2D eigenvalue weighted by molar-refractivity contribution is 5.70. The van der Waals surface area contributed by atoms with Crippen molar-refractivity contribution in [2.24, 2.45) is 5.73 Å². The summed E-state index contributed by atoms with van der Waals surface area (Å²) in [5, 5.41) is 0. The molecule has 0 aliphatic rings. The van der Waals surface area contributed by atoms with Gasteiger partial charge in [-0.25, -0.2) is 4.79 Å². The van der Waals surface area contributed by atoms with Crippen molar-refractivity contribution in [3.63, 3.8) is 0 Å². The summed E-state index contributed by atoms with van der Waals surface area (Å²) in [4.78, 5) is 10.7. The number of carbonyl (C=O) groups excluding carboxylic acids is 1. The smallest absolute Gasteiger partial charge is 0.332 e. The maximum atomic E-state index is 10.7. The number of rotatable bonds is 6. The molecule has 0 aromatic heterocycles. The molecule has 0 fully saturated rings. The zero-order valence-electron chi connectivity index (χ0n) is 7.71. The molecule has 0 aliphatic carbocycles. The molecule has 0 aromatic rings. The third-order valence-electron chi connectivity index (χ3n) is 1.33. The van der Waals surface area contributed by atoms with E-state index in [1.54, 1.807) is 0 Å². The lowest BCUT2D eigenvalue weighted by atomic mass is 10.2. The van der Waals surface area contributed by atoms with E-state index in [-0.39, 0.29) is 18.6 Å². The summed E-state index contributed by atoms with van der Waals surface area (Å²) in [6.07, 6.45) is 1.69. The summed E-state index contributed by atoms with van der Waals surface area (Å²) in [5.74, 6) is -0.317. The summed E-state index contributed by atoms with van der Waals surface area (Å²) >= 11 is 0. The molecule has 0 aliphatic heterocycles. The third-order valence-corrected chi connectivity index (χ3v) is 1.33. The number of methoxy groups -OCH3 is 1. The van der Waals surface area contributed by atoms with E-state index in [0.29, 0.717) is 6.61 Å². The van der Waals surface area contributed by atoms with Crippen LogP contribution in [0.3, 0.4) is 0 Å². The van der Waals surface area contributed by atoms with Crippen LogP contribution in [0.2, 0.25) is 0 Å². The molecular formula is C8H17NO3. The van der Waals surface area contributed by atoms with E-state index in [9.17, 15) is 4.79 Å². The van der Waals surface area contributed by atoms with Gasteiger partial charge in [0.15, 0.2) is 0 Å².